The number of hydrogen-bond donors (Lipinski definition) is 1. The van der Waals surface area contributed by atoms with Gasteiger partial charge in [0.2, 0.25) is 0 Å². The molecule has 0 radical (unpaired) electrons. The van der Waals surface area contributed by atoms with E-state index in [1.54, 1.807) is 18.2 Å². The Kier molecular flexibility index (Phi) is 6.62. The van der Waals surface area contributed by atoms with Crippen molar-refractivity contribution in [2.45, 2.75) is 20.0 Å². The summed E-state index contributed by atoms with van der Waals surface area (Å²) in [5.41, 5.74) is 1.60. The number of aryl methyl sites for hydroxylation is 1. The van der Waals surface area contributed by atoms with Gasteiger partial charge in [-0.05, 0) is 24.1 Å². The van der Waals surface area contributed by atoms with Gasteiger partial charge in [0.25, 0.3) is 17.2 Å². The second-order valence-electron chi connectivity index (χ2n) is 7.61. The van der Waals surface area contributed by atoms with Gasteiger partial charge in [-0.1, -0.05) is 30.3 Å². The fourth-order valence-corrected chi connectivity index (χ4v) is 3.45. The Hall–Kier alpha value is -4.54. The summed E-state index contributed by atoms with van der Waals surface area (Å²) in [4.78, 5) is 39.7. The van der Waals surface area contributed by atoms with E-state index in [-0.39, 0.29) is 36.9 Å². The van der Waals surface area contributed by atoms with Crippen LogP contribution in [0.1, 0.15) is 11.1 Å². The lowest BCUT2D eigenvalue weighted by Crippen LogP contribution is -2.32. The molecule has 0 aliphatic carbocycles. The first-order valence-corrected chi connectivity index (χ1v) is 10.5. The minimum Gasteiger partial charge on any atom is -0.484 e. The van der Waals surface area contributed by atoms with Crippen LogP contribution in [0.2, 0.25) is 0 Å². The number of rotatable bonds is 9. The highest BCUT2D eigenvalue weighted by Crippen LogP contribution is 2.16. The maximum atomic E-state index is 12.8. The number of carbonyl (C=O) groups excluding carboxylic acids is 1. The molecule has 34 heavy (non-hydrogen) atoms. The number of non-ortho nitro benzene ring substituents is 1. The minimum absolute atomic E-state index is 0.0428. The second kappa shape index (κ2) is 9.94. The summed E-state index contributed by atoms with van der Waals surface area (Å²) in [6.45, 7) is 2.55. The highest BCUT2D eigenvalue weighted by Gasteiger charge is 2.12. The summed E-state index contributed by atoms with van der Waals surface area (Å²) in [5, 5.41) is 18.3. The van der Waals surface area contributed by atoms with Crippen LogP contribution in [-0.4, -0.2) is 43.3 Å². The molecule has 1 N–H and O–H groups in total. The van der Waals surface area contributed by atoms with Gasteiger partial charge in [-0.2, -0.15) is 5.10 Å². The molecule has 0 atom stereocenters. The molecule has 11 nitrogen and oxygen atoms in total. The van der Waals surface area contributed by atoms with Crippen LogP contribution < -0.4 is 15.6 Å². The Balaban J connectivity index is 1.37. The predicted octanol–water partition coefficient (Wildman–Crippen LogP) is 2.05. The summed E-state index contributed by atoms with van der Waals surface area (Å²) >= 11 is 0. The molecule has 0 bridgehead atoms. The van der Waals surface area contributed by atoms with E-state index in [2.05, 4.69) is 15.4 Å². The molecule has 2 aromatic carbocycles. The SMILES string of the molecule is Cc1ccccc1OCC(=O)NCCn1ncc2c(=O)n(Cc3cccc([N+](=O)[O-])c3)cnc21. The number of carbonyl (C=O) groups is 1. The van der Waals surface area contributed by atoms with Crippen LogP contribution in [0.3, 0.4) is 0 Å². The van der Waals surface area contributed by atoms with Crippen LogP contribution in [0.5, 0.6) is 5.75 Å². The fraction of sp³-hybridized carbons (Fsp3) is 0.217. The molecule has 0 spiro atoms. The molecule has 0 saturated carbocycles. The highest BCUT2D eigenvalue weighted by molar-refractivity contribution is 5.77. The Labute approximate surface area is 193 Å². The van der Waals surface area contributed by atoms with Crippen molar-refractivity contribution in [3.05, 3.63) is 92.7 Å². The highest BCUT2D eigenvalue weighted by atomic mass is 16.6. The Morgan fingerprint density at radius 2 is 2.03 bits per heavy atom. The van der Waals surface area contributed by atoms with Crippen LogP contribution in [-0.2, 0) is 17.9 Å². The topological polar surface area (TPSA) is 134 Å². The fourth-order valence-electron chi connectivity index (χ4n) is 3.45. The van der Waals surface area contributed by atoms with Gasteiger partial charge >= 0.3 is 0 Å². The minimum atomic E-state index is -0.481. The molecular weight excluding hydrogens is 440 g/mol. The first-order valence-electron chi connectivity index (χ1n) is 10.5. The van der Waals surface area contributed by atoms with Gasteiger partial charge in [0, 0.05) is 18.7 Å². The third-order valence-corrected chi connectivity index (χ3v) is 5.19. The predicted molar refractivity (Wildman–Crippen MR) is 124 cm³/mol. The zero-order valence-corrected chi connectivity index (χ0v) is 18.4. The lowest BCUT2D eigenvalue weighted by molar-refractivity contribution is -0.384. The average Bonchev–Trinajstić information content (AvgIpc) is 3.24. The average molecular weight is 462 g/mol. The Morgan fingerprint density at radius 3 is 2.82 bits per heavy atom. The number of nitro benzene ring substituents is 1. The van der Waals surface area contributed by atoms with Crippen molar-refractivity contribution in [2.75, 3.05) is 13.2 Å². The van der Waals surface area contributed by atoms with Crippen LogP contribution >= 0.6 is 0 Å². The van der Waals surface area contributed by atoms with Crippen LogP contribution in [0.4, 0.5) is 5.69 Å². The molecular formula is C23H22N6O5. The normalized spacial score (nSPS) is 10.9. The van der Waals surface area contributed by atoms with Crippen LogP contribution in [0.25, 0.3) is 11.0 Å². The smallest absolute Gasteiger partial charge is 0.269 e. The van der Waals surface area contributed by atoms with Gasteiger partial charge < -0.3 is 10.1 Å². The van der Waals surface area contributed by atoms with Gasteiger partial charge in [0.05, 0.1) is 24.2 Å². The van der Waals surface area contributed by atoms with E-state index in [4.69, 9.17) is 4.74 Å². The lowest BCUT2D eigenvalue weighted by atomic mass is 10.2. The number of benzene rings is 2. The van der Waals surface area contributed by atoms with E-state index < -0.39 is 4.92 Å². The number of amides is 1. The van der Waals surface area contributed by atoms with E-state index in [0.29, 0.717) is 28.9 Å². The van der Waals surface area contributed by atoms with Gasteiger partial charge in [0.15, 0.2) is 12.3 Å². The van der Waals surface area contributed by atoms with Crippen molar-refractivity contribution < 1.29 is 14.5 Å². The number of nitrogens with zero attached hydrogens (tertiary/aromatic N) is 5. The molecule has 4 aromatic rings. The molecule has 1 amide bonds. The molecule has 0 aliphatic heterocycles. The molecule has 174 valence electrons. The third kappa shape index (κ3) is 5.09. The molecule has 0 aliphatic rings. The van der Waals surface area contributed by atoms with E-state index in [1.807, 2.05) is 25.1 Å². The maximum Gasteiger partial charge on any atom is 0.269 e. The quantitative estimate of drug-likeness (QED) is 0.297. The van der Waals surface area contributed by atoms with E-state index in [1.165, 1.54) is 33.9 Å². The number of nitro groups is 1. The van der Waals surface area contributed by atoms with Crippen LogP contribution in [0, 0.1) is 17.0 Å². The second-order valence-corrected chi connectivity index (χ2v) is 7.61. The largest absolute Gasteiger partial charge is 0.484 e. The van der Waals surface area contributed by atoms with Gasteiger partial charge in [0.1, 0.15) is 17.5 Å². The zero-order valence-electron chi connectivity index (χ0n) is 18.4. The monoisotopic (exact) mass is 462 g/mol. The van der Waals surface area contributed by atoms with Gasteiger partial charge in [-0.15, -0.1) is 0 Å². The van der Waals surface area contributed by atoms with Crippen molar-refractivity contribution in [1.82, 2.24) is 24.6 Å². The number of hydrogen-bond acceptors (Lipinski definition) is 7. The lowest BCUT2D eigenvalue weighted by Gasteiger charge is -2.10. The Morgan fingerprint density at radius 1 is 1.21 bits per heavy atom. The summed E-state index contributed by atoms with van der Waals surface area (Å²) in [7, 11) is 0. The Bertz CT molecular complexity index is 1410. The first kappa shape index (κ1) is 22.6. The summed E-state index contributed by atoms with van der Waals surface area (Å²) in [6, 6.07) is 13.5. The molecule has 4 rings (SSSR count). The van der Waals surface area contributed by atoms with Crippen LogP contribution in [0.15, 0.2) is 65.8 Å². The summed E-state index contributed by atoms with van der Waals surface area (Å²) in [5.74, 6) is 0.383. The number of ether oxygens (including phenoxy) is 1. The number of para-hydroxylation sites is 1. The van der Waals surface area contributed by atoms with Crippen molar-refractivity contribution in [2.24, 2.45) is 0 Å². The summed E-state index contributed by atoms with van der Waals surface area (Å²) in [6.07, 6.45) is 2.81. The van der Waals surface area contributed by atoms with Crippen molar-refractivity contribution in [1.29, 1.82) is 0 Å². The van der Waals surface area contributed by atoms with Crippen molar-refractivity contribution in [3.63, 3.8) is 0 Å². The van der Waals surface area contributed by atoms with Gasteiger partial charge in [-0.25, -0.2) is 9.67 Å². The van der Waals surface area contributed by atoms with Crippen molar-refractivity contribution in [3.8, 4) is 5.75 Å². The first-order chi connectivity index (χ1) is 16.4. The van der Waals surface area contributed by atoms with Crippen molar-refractivity contribution >= 4 is 22.6 Å². The third-order valence-electron chi connectivity index (χ3n) is 5.19. The van der Waals surface area contributed by atoms with Gasteiger partial charge in [-0.3, -0.25) is 24.3 Å². The number of aromatic nitrogens is 4. The zero-order chi connectivity index (χ0) is 24.1. The molecule has 11 heteroatoms. The summed E-state index contributed by atoms with van der Waals surface area (Å²) < 4.78 is 8.44. The molecule has 2 aromatic heterocycles. The molecule has 0 fully saturated rings. The standard InChI is InChI=1S/C23H22N6O5/c1-16-5-2-3-8-20(16)34-14-21(30)24-9-10-28-22-19(12-26-28)23(31)27(15-25-22)13-17-6-4-7-18(11-17)29(32)33/h2-8,11-12,15H,9-10,13-14H2,1H3,(H,24,30). The molecule has 2 heterocycles. The molecule has 0 unspecified atom stereocenters. The maximum absolute atomic E-state index is 12.8. The number of nitrogens with one attached hydrogen (secondary N) is 1. The van der Waals surface area contributed by atoms with E-state index >= 15 is 0 Å². The molecule has 0 saturated heterocycles. The van der Waals surface area contributed by atoms with E-state index in [9.17, 15) is 19.7 Å². The van der Waals surface area contributed by atoms with E-state index in [0.717, 1.165) is 5.56 Å². The number of fused-ring (bicyclic) bond motifs is 1.